The summed E-state index contributed by atoms with van der Waals surface area (Å²) in [6.07, 6.45) is 3.77. The van der Waals surface area contributed by atoms with Crippen LogP contribution in [0.2, 0.25) is 0 Å². The summed E-state index contributed by atoms with van der Waals surface area (Å²) in [6.45, 7) is 0. The lowest BCUT2D eigenvalue weighted by molar-refractivity contribution is 1.14. The number of para-hydroxylation sites is 3. The van der Waals surface area contributed by atoms with Crippen molar-refractivity contribution < 1.29 is 0 Å². The first-order chi connectivity index (χ1) is 16.4. The van der Waals surface area contributed by atoms with Crippen LogP contribution in [0.1, 0.15) is 0 Å². The Bertz CT molecular complexity index is 2020. The van der Waals surface area contributed by atoms with Crippen molar-refractivity contribution in [3.8, 4) is 5.69 Å². The first-order valence-corrected chi connectivity index (χ1v) is 11.2. The van der Waals surface area contributed by atoms with E-state index in [4.69, 9.17) is 0 Å². The maximum absolute atomic E-state index is 4.44. The van der Waals surface area contributed by atoms with E-state index in [1.54, 1.807) is 0 Å². The van der Waals surface area contributed by atoms with Gasteiger partial charge in [-0.1, -0.05) is 54.6 Å². The highest BCUT2D eigenvalue weighted by molar-refractivity contribution is 6.39. The summed E-state index contributed by atoms with van der Waals surface area (Å²) < 4.78 is 2.36. The van der Waals surface area contributed by atoms with Gasteiger partial charge >= 0.3 is 0 Å². The molecule has 0 fully saturated rings. The molecule has 4 nitrogen and oxygen atoms in total. The van der Waals surface area contributed by atoms with Crippen LogP contribution in [-0.2, 0) is 0 Å². The van der Waals surface area contributed by atoms with Gasteiger partial charge in [-0.15, -0.1) is 0 Å². The highest BCUT2D eigenvalue weighted by atomic mass is 15.0. The Labute approximate surface area is 188 Å². The maximum atomic E-state index is 4.44. The second-order valence-corrected chi connectivity index (χ2v) is 8.63. The number of fused-ring (bicyclic) bond motifs is 12. The third-order valence-corrected chi connectivity index (χ3v) is 6.93. The summed E-state index contributed by atoms with van der Waals surface area (Å²) in [6, 6.07) is 30.0. The Balaban J connectivity index is 1.80. The van der Waals surface area contributed by atoms with Crippen molar-refractivity contribution >= 4 is 65.4 Å². The SMILES string of the molecule is c1cncc(-n2c3ccccc3c3c4c5ccccc5[nH]c4c4c5ccccc5[nH]c4c32)c1. The lowest BCUT2D eigenvalue weighted by Gasteiger charge is -2.08. The minimum Gasteiger partial charge on any atom is -0.354 e. The molecule has 0 saturated heterocycles. The summed E-state index contributed by atoms with van der Waals surface area (Å²) in [5.41, 5.74) is 8.05. The summed E-state index contributed by atoms with van der Waals surface area (Å²) in [7, 11) is 0. The number of pyridine rings is 1. The van der Waals surface area contributed by atoms with Crippen LogP contribution < -0.4 is 0 Å². The van der Waals surface area contributed by atoms with E-state index in [0.29, 0.717) is 0 Å². The Morgan fingerprint density at radius 2 is 1.24 bits per heavy atom. The van der Waals surface area contributed by atoms with E-state index in [9.17, 15) is 0 Å². The molecule has 0 unspecified atom stereocenters. The summed E-state index contributed by atoms with van der Waals surface area (Å²) in [5.74, 6) is 0. The number of benzene rings is 4. The van der Waals surface area contributed by atoms with E-state index in [-0.39, 0.29) is 0 Å². The van der Waals surface area contributed by atoms with Crippen molar-refractivity contribution in [3.63, 3.8) is 0 Å². The quantitative estimate of drug-likeness (QED) is 0.284. The fourth-order valence-corrected chi connectivity index (χ4v) is 5.65. The summed E-state index contributed by atoms with van der Waals surface area (Å²) in [5, 5.41) is 7.49. The molecule has 0 bridgehead atoms. The van der Waals surface area contributed by atoms with E-state index >= 15 is 0 Å². The molecule has 8 rings (SSSR count). The molecule has 2 N–H and O–H groups in total. The normalized spacial score (nSPS) is 12.2. The standard InChI is InChI=1S/C29H18N4/c1-4-12-21-18(9-1)24-25-20-11-3-6-14-23(20)33(17-8-7-15-30-16-17)29(25)28-26(27(24)31-21)19-10-2-5-13-22(19)32-28/h1-16,31-32H. The second kappa shape index (κ2) is 6.02. The van der Waals surface area contributed by atoms with E-state index in [2.05, 4.69) is 98.4 Å². The molecule has 4 aromatic heterocycles. The van der Waals surface area contributed by atoms with Crippen molar-refractivity contribution in [2.24, 2.45) is 0 Å². The molecule has 33 heavy (non-hydrogen) atoms. The Hall–Kier alpha value is -4.57. The highest BCUT2D eigenvalue weighted by Gasteiger charge is 2.23. The number of nitrogens with zero attached hydrogens (tertiary/aromatic N) is 2. The fraction of sp³-hybridized carbons (Fsp3) is 0. The van der Waals surface area contributed by atoms with Crippen LogP contribution >= 0.6 is 0 Å². The van der Waals surface area contributed by atoms with Crippen LogP contribution in [0.15, 0.2) is 97.3 Å². The number of nitrogens with one attached hydrogen (secondary N) is 2. The van der Waals surface area contributed by atoms with Gasteiger partial charge in [-0.2, -0.15) is 0 Å². The van der Waals surface area contributed by atoms with Crippen LogP contribution in [0, 0.1) is 0 Å². The monoisotopic (exact) mass is 422 g/mol. The predicted molar refractivity (Wildman–Crippen MR) is 137 cm³/mol. The zero-order valence-electron chi connectivity index (χ0n) is 17.6. The number of hydrogen-bond acceptors (Lipinski definition) is 1. The lowest BCUT2D eigenvalue weighted by Crippen LogP contribution is -1.95. The third-order valence-electron chi connectivity index (χ3n) is 6.93. The molecule has 0 aliphatic heterocycles. The van der Waals surface area contributed by atoms with Gasteiger partial charge in [0.15, 0.2) is 0 Å². The Morgan fingerprint density at radius 1 is 0.576 bits per heavy atom. The molecular formula is C29H18N4. The molecule has 0 saturated carbocycles. The zero-order valence-corrected chi connectivity index (χ0v) is 17.6. The molecule has 0 amide bonds. The molecule has 0 atom stereocenters. The van der Waals surface area contributed by atoms with Crippen LogP contribution in [0.4, 0.5) is 0 Å². The fourth-order valence-electron chi connectivity index (χ4n) is 5.65. The molecule has 4 heteroatoms. The summed E-state index contributed by atoms with van der Waals surface area (Å²) in [4.78, 5) is 12.0. The van der Waals surface area contributed by atoms with E-state index in [1.807, 2.05) is 18.5 Å². The smallest absolute Gasteiger partial charge is 0.0791 e. The number of aromatic nitrogens is 4. The Kier molecular flexibility index (Phi) is 3.11. The van der Waals surface area contributed by atoms with Crippen LogP contribution in [0.25, 0.3) is 71.1 Å². The average molecular weight is 422 g/mol. The molecule has 0 radical (unpaired) electrons. The van der Waals surface area contributed by atoms with Crippen molar-refractivity contribution in [2.75, 3.05) is 0 Å². The van der Waals surface area contributed by atoms with Gasteiger partial charge < -0.3 is 14.5 Å². The molecule has 4 aromatic carbocycles. The first kappa shape index (κ1) is 17.0. The predicted octanol–water partition coefficient (Wildman–Crippen LogP) is 7.45. The topological polar surface area (TPSA) is 49.4 Å². The van der Waals surface area contributed by atoms with Gasteiger partial charge in [0.2, 0.25) is 0 Å². The van der Waals surface area contributed by atoms with Gasteiger partial charge in [0.1, 0.15) is 0 Å². The third kappa shape index (κ3) is 2.08. The van der Waals surface area contributed by atoms with E-state index in [0.717, 1.165) is 22.2 Å². The van der Waals surface area contributed by atoms with Crippen molar-refractivity contribution in [1.29, 1.82) is 0 Å². The number of H-pyrrole nitrogens is 2. The highest BCUT2D eigenvalue weighted by Crippen LogP contribution is 2.46. The maximum Gasteiger partial charge on any atom is 0.0791 e. The largest absolute Gasteiger partial charge is 0.354 e. The summed E-state index contributed by atoms with van der Waals surface area (Å²) >= 11 is 0. The van der Waals surface area contributed by atoms with Gasteiger partial charge in [-0.3, -0.25) is 4.98 Å². The molecule has 8 aromatic rings. The first-order valence-electron chi connectivity index (χ1n) is 11.2. The minimum atomic E-state index is 1.06. The molecule has 4 heterocycles. The van der Waals surface area contributed by atoms with Gasteiger partial charge in [0.25, 0.3) is 0 Å². The zero-order chi connectivity index (χ0) is 21.5. The molecule has 0 spiro atoms. The van der Waals surface area contributed by atoms with Crippen LogP contribution in [0.3, 0.4) is 0 Å². The Morgan fingerprint density at radius 3 is 2.00 bits per heavy atom. The van der Waals surface area contributed by atoms with Gasteiger partial charge in [0, 0.05) is 49.5 Å². The van der Waals surface area contributed by atoms with Gasteiger partial charge in [-0.25, -0.2) is 0 Å². The lowest BCUT2D eigenvalue weighted by atomic mass is 10.0. The van der Waals surface area contributed by atoms with Crippen molar-refractivity contribution in [2.45, 2.75) is 0 Å². The number of aromatic amines is 2. The van der Waals surface area contributed by atoms with E-state index in [1.165, 1.54) is 48.9 Å². The molecular weight excluding hydrogens is 404 g/mol. The van der Waals surface area contributed by atoms with Crippen LogP contribution in [-0.4, -0.2) is 19.5 Å². The second-order valence-electron chi connectivity index (χ2n) is 8.63. The molecule has 0 aliphatic rings. The van der Waals surface area contributed by atoms with Crippen LogP contribution in [0.5, 0.6) is 0 Å². The van der Waals surface area contributed by atoms with Crippen molar-refractivity contribution in [3.05, 3.63) is 97.3 Å². The van der Waals surface area contributed by atoms with Crippen molar-refractivity contribution in [1.82, 2.24) is 19.5 Å². The minimum absolute atomic E-state index is 1.06. The number of hydrogen-bond donors (Lipinski definition) is 2. The van der Waals surface area contributed by atoms with Gasteiger partial charge in [-0.05, 0) is 30.3 Å². The average Bonchev–Trinajstić information content (AvgIpc) is 3.54. The number of rotatable bonds is 1. The van der Waals surface area contributed by atoms with E-state index < -0.39 is 0 Å². The van der Waals surface area contributed by atoms with Gasteiger partial charge in [0.05, 0.1) is 34.0 Å². The molecule has 0 aliphatic carbocycles. The molecule has 154 valence electrons.